The molecule has 0 spiro atoms. The molecule has 0 saturated carbocycles. The third-order valence-corrected chi connectivity index (χ3v) is 6.09. The topological polar surface area (TPSA) is 151 Å². The fraction of sp³-hybridized carbons (Fsp3) is 0.545. The standard InChI is InChI=1S/C22H34N4O5S2/c1-14(23)19(27)26-18(13-15-7-5-4-6-8-15)21(29)24-16(9-11-32-2)20(28)25-17(22(30)31)10-12-33-3/h4-8,14,16-18H,9-13,23H2,1-3H3,(H,24,29)(H,25,28)(H,26,27)(H,30,31). The number of nitrogens with one attached hydrogen (secondary N) is 3. The largest absolute Gasteiger partial charge is 0.480 e. The maximum absolute atomic E-state index is 13.1. The first-order chi connectivity index (χ1) is 15.7. The van der Waals surface area contributed by atoms with Gasteiger partial charge in [-0.1, -0.05) is 30.3 Å². The minimum absolute atomic E-state index is 0.216. The summed E-state index contributed by atoms with van der Waals surface area (Å²) in [6.45, 7) is 1.52. The summed E-state index contributed by atoms with van der Waals surface area (Å²) in [6, 6.07) is 5.43. The second kappa shape index (κ2) is 15.6. The van der Waals surface area contributed by atoms with Gasteiger partial charge in [0.25, 0.3) is 0 Å². The fourth-order valence-electron chi connectivity index (χ4n) is 2.90. The summed E-state index contributed by atoms with van der Waals surface area (Å²) < 4.78 is 0. The fourth-order valence-corrected chi connectivity index (χ4v) is 3.85. The summed E-state index contributed by atoms with van der Waals surface area (Å²) >= 11 is 2.98. The molecule has 6 N–H and O–H groups in total. The van der Waals surface area contributed by atoms with Crippen LogP contribution < -0.4 is 21.7 Å². The molecule has 0 aromatic heterocycles. The number of hydrogen-bond acceptors (Lipinski definition) is 7. The lowest BCUT2D eigenvalue weighted by Crippen LogP contribution is -2.57. The Morgan fingerprint density at radius 1 is 0.848 bits per heavy atom. The molecular weight excluding hydrogens is 464 g/mol. The van der Waals surface area contributed by atoms with Gasteiger partial charge in [0.05, 0.1) is 6.04 Å². The van der Waals surface area contributed by atoms with Gasteiger partial charge in [-0.3, -0.25) is 14.4 Å². The Hall–Kier alpha value is -2.24. The molecule has 184 valence electrons. The maximum atomic E-state index is 13.1. The van der Waals surface area contributed by atoms with E-state index in [0.29, 0.717) is 17.9 Å². The van der Waals surface area contributed by atoms with E-state index in [1.165, 1.54) is 30.4 Å². The normalized spacial score (nSPS) is 14.4. The number of carboxylic acid groups (broad SMARTS) is 1. The maximum Gasteiger partial charge on any atom is 0.326 e. The summed E-state index contributed by atoms with van der Waals surface area (Å²) in [7, 11) is 0. The van der Waals surface area contributed by atoms with Crippen molar-refractivity contribution >= 4 is 47.2 Å². The molecule has 1 aromatic rings. The van der Waals surface area contributed by atoms with Crippen LogP contribution in [0.2, 0.25) is 0 Å². The quantitative estimate of drug-likeness (QED) is 0.236. The Labute approximate surface area is 203 Å². The highest BCUT2D eigenvalue weighted by Gasteiger charge is 2.29. The first kappa shape index (κ1) is 28.8. The summed E-state index contributed by atoms with van der Waals surface area (Å²) in [5.74, 6) is -1.57. The van der Waals surface area contributed by atoms with Gasteiger partial charge in [0, 0.05) is 6.42 Å². The molecule has 0 radical (unpaired) electrons. The smallest absolute Gasteiger partial charge is 0.326 e. The van der Waals surface area contributed by atoms with Crippen LogP contribution in [0.3, 0.4) is 0 Å². The van der Waals surface area contributed by atoms with Gasteiger partial charge < -0.3 is 26.8 Å². The van der Waals surface area contributed by atoms with E-state index in [2.05, 4.69) is 16.0 Å². The predicted octanol–water partition coefficient (Wildman–Crippen LogP) is 0.622. The van der Waals surface area contributed by atoms with Crippen LogP contribution in [0.15, 0.2) is 30.3 Å². The molecule has 0 aliphatic rings. The van der Waals surface area contributed by atoms with E-state index in [0.717, 1.165) is 5.56 Å². The molecule has 0 fully saturated rings. The van der Waals surface area contributed by atoms with Gasteiger partial charge >= 0.3 is 5.97 Å². The lowest BCUT2D eigenvalue weighted by molar-refractivity contribution is -0.142. The molecule has 3 amide bonds. The average Bonchev–Trinajstić information content (AvgIpc) is 2.78. The predicted molar refractivity (Wildman–Crippen MR) is 133 cm³/mol. The van der Waals surface area contributed by atoms with E-state index in [4.69, 9.17) is 5.73 Å². The van der Waals surface area contributed by atoms with Crippen molar-refractivity contribution in [3.63, 3.8) is 0 Å². The third-order valence-electron chi connectivity index (χ3n) is 4.80. The Morgan fingerprint density at radius 3 is 1.85 bits per heavy atom. The van der Waals surface area contributed by atoms with E-state index >= 15 is 0 Å². The molecule has 11 heteroatoms. The second-order valence-corrected chi connectivity index (χ2v) is 9.53. The Balaban J connectivity index is 3.00. The van der Waals surface area contributed by atoms with Crippen molar-refractivity contribution < 1.29 is 24.3 Å². The van der Waals surface area contributed by atoms with Crippen molar-refractivity contribution in [1.82, 2.24) is 16.0 Å². The Morgan fingerprint density at radius 2 is 1.33 bits per heavy atom. The van der Waals surface area contributed by atoms with Crippen molar-refractivity contribution in [3.05, 3.63) is 35.9 Å². The molecular formula is C22H34N4O5S2. The average molecular weight is 499 g/mol. The first-order valence-corrected chi connectivity index (χ1v) is 13.4. The molecule has 0 aliphatic heterocycles. The number of benzene rings is 1. The van der Waals surface area contributed by atoms with Crippen LogP contribution in [-0.2, 0) is 25.6 Å². The Bertz CT molecular complexity index is 779. The first-order valence-electron chi connectivity index (χ1n) is 10.6. The van der Waals surface area contributed by atoms with Crippen LogP contribution in [0, 0.1) is 0 Å². The second-order valence-electron chi connectivity index (χ2n) is 7.56. The van der Waals surface area contributed by atoms with E-state index < -0.39 is 47.9 Å². The van der Waals surface area contributed by atoms with Gasteiger partial charge in [0.2, 0.25) is 17.7 Å². The van der Waals surface area contributed by atoms with Gasteiger partial charge in [-0.25, -0.2) is 4.79 Å². The molecule has 0 saturated heterocycles. The minimum atomic E-state index is -1.13. The van der Waals surface area contributed by atoms with Gasteiger partial charge in [-0.15, -0.1) is 0 Å². The van der Waals surface area contributed by atoms with Crippen LogP contribution in [0.1, 0.15) is 25.3 Å². The lowest BCUT2D eigenvalue weighted by Gasteiger charge is -2.25. The highest BCUT2D eigenvalue weighted by molar-refractivity contribution is 7.98. The van der Waals surface area contributed by atoms with E-state index in [1.807, 2.05) is 42.8 Å². The molecule has 4 unspecified atom stereocenters. The molecule has 1 aromatic carbocycles. The van der Waals surface area contributed by atoms with Crippen molar-refractivity contribution in [2.75, 3.05) is 24.0 Å². The number of rotatable bonds is 15. The van der Waals surface area contributed by atoms with Gasteiger partial charge in [0.15, 0.2) is 0 Å². The number of amides is 3. The molecule has 33 heavy (non-hydrogen) atoms. The van der Waals surface area contributed by atoms with Gasteiger partial charge in [0.1, 0.15) is 18.1 Å². The van der Waals surface area contributed by atoms with Crippen LogP contribution in [0.5, 0.6) is 0 Å². The number of carboxylic acids is 1. The highest BCUT2D eigenvalue weighted by Crippen LogP contribution is 2.08. The van der Waals surface area contributed by atoms with E-state index in [-0.39, 0.29) is 12.8 Å². The van der Waals surface area contributed by atoms with Crippen molar-refractivity contribution in [3.8, 4) is 0 Å². The number of carbonyl (C=O) groups excluding carboxylic acids is 3. The Kier molecular flexibility index (Phi) is 13.6. The van der Waals surface area contributed by atoms with Crippen molar-refractivity contribution in [1.29, 1.82) is 0 Å². The summed E-state index contributed by atoms with van der Waals surface area (Å²) in [5, 5.41) is 17.3. The molecule has 4 atom stereocenters. The van der Waals surface area contributed by atoms with Crippen LogP contribution >= 0.6 is 23.5 Å². The van der Waals surface area contributed by atoms with Crippen LogP contribution in [0.25, 0.3) is 0 Å². The summed E-state index contributed by atoms with van der Waals surface area (Å²) in [4.78, 5) is 49.7. The number of hydrogen-bond donors (Lipinski definition) is 5. The van der Waals surface area contributed by atoms with Crippen LogP contribution in [-0.4, -0.2) is 77.0 Å². The molecule has 0 heterocycles. The lowest BCUT2D eigenvalue weighted by atomic mass is 10.0. The SMILES string of the molecule is CSCCC(NC(=O)C(CCSC)NC(=O)C(Cc1ccccc1)NC(=O)C(C)N)C(=O)O. The number of carbonyl (C=O) groups is 4. The van der Waals surface area contributed by atoms with Crippen molar-refractivity contribution in [2.24, 2.45) is 5.73 Å². The number of thioether (sulfide) groups is 2. The molecule has 9 nitrogen and oxygen atoms in total. The van der Waals surface area contributed by atoms with Crippen molar-refractivity contribution in [2.45, 2.75) is 50.4 Å². The number of aliphatic carboxylic acids is 1. The number of nitrogens with two attached hydrogens (primary N) is 1. The molecule has 0 bridgehead atoms. The minimum Gasteiger partial charge on any atom is -0.480 e. The zero-order valence-electron chi connectivity index (χ0n) is 19.2. The summed E-state index contributed by atoms with van der Waals surface area (Å²) in [5.41, 5.74) is 6.48. The van der Waals surface area contributed by atoms with E-state index in [1.54, 1.807) is 0 Å². The van der Waals surface area contributed by atoms with Gasteiger partial charge in [-0.05, 0) is 49.3 Å². The van der Waals surface area contributed by atoms with E-state index in [9.17, 15) is 24.3 Å². The molecule has 0 aliphatic carbocycles. The zero-order chi connectivity index (χ0) is 24.8. The third kappa shape index (κ3) is 11.0. The highest BCUT2D eigenvalue weighted by atomic mass is 32.2. The van der Waals surface area contributed by atoms with Crippen LogP contribution in [0.4, 0.5) is 0 Å². The zero-order valence-corrected chi connectivity index (χ0v) is 20.8. The summed E-state index contributed by atoms with van der Waals surface area (Å²) in [6.07, 6.45) is 4.52. The monoisotopic (exact) mass is 498 g/mol. The molecule has 1 rings (SSSR count). The van der Waals surface area contributed by atoms with Gasteiger partial charge in [-0.2, -0.15) is 23.5 Å².